The monoisotopic (exact) mass is 302 g/mol. The predicted octanol–water partition coefficient (Wildman–Crippen LogP) is 5.05. The van der Waals surface area contributed by atoms with Crippen LogP contribution >= 0.6 is 0 Å². The van der Waals surface area contributed by atoms with E-state index in [0.717, 1.165) is 29.7 Å². The fourth-order valence-corrected chi connectivity index (χ4v) is 2.09. The van der Waals surface area contributed by atoms with E-state index in [1.54, 1.807) is 0 Å². The Labute approximate surface area is 139 Å². The third-order valence-electron chi connectivity index (χ3n) is 3.32. The van der Waals surface area contributed by atoms with Crippen LogP contribution in [-0.2, 0) is 0 Å². The van der Waals surface area contributed by atoms with Gasteiger partial charge in [-0.15, -0.1) is 0 Å². The average Bonchev–Trinajstić information content (AvgIpc) is 2.60. The van der Waals surface area contributed by atoms with E-state index in [0.29, 0.717) is 6.61 Å². The molecule has 0 N–H and O–H groups in total. The Kier molecular flexibility index (Phi) is 7.38. The number of benzene rings is 2. The maximum atomic E-state index is 5.76. The molecule has 0 saturated carbocycles. The first-order valence-corrected chi connectivity index (χ1v) is 8.15. The van der Waals surface area contributed by atoms with Gasteiger partial charge in [-0.05, 0) is 30.7 Å². The molecule has 0 aliphatic carbocycles. The zero-order valence-electron chi connectivity index (χ0n) is 13.6. The summed E-state index contributed by atoms with van der Waals surface area (Å²) in [6, 6.07) is 17.8. The van der Waals surface area contributed by atoms with Crippen molar-refractivity contribution in [1.29, 1.82) is 0 Å². The van der Waals surface area contributed by atoms with E-state index >= 15 is 0 Å². The third kappa shape index (κ3) is 6.33. The lowest BCUT2D eigenvalue weighted by molar-refractivity contribution is 0.369. The van der Waals surface area contributed by atoms with Crippen LogP contribution in [0, 0.1) is 23.7 Å². The Hall–Kier alpha value is -2.64. The Morgan fingerprint density at radius 1 is 0.826 bits per heavy atom. The summed E-state index contributed by atoms with van der Waals surface area (Å²) in [6.07, 6.45) is 4.56. The number of hydrogen-bond donors (Lipinski definition) is 0. The predicted molar refractivity (Wildman–Crippen MR) is 96.3 cm³/mol. The second-order valence-corrected chi connectivity index (χ2v) is 5.21. The van der Waals surface area contributed by atoms with Crippen molar-refractivity contribution < 1.29 is 4.74 Å². The Bertz CT molecular complexity index is 708. The van der Waals surface area contributed by atoms with Gasteiger partial charge in [0, 0.05) is 12.0 Å². The smallest absolute Gasteiger partial charge is 0.149 e. The molecule has 1 nitrogen and oxygen atoms in total. The number of rotatable bonds is 5. The van der Waals surface area contributed by atoms with E-state index in [4.69, 9.17) is 4.74 Å². The van der Waals surface area contributed by atoms with Crippen LogP contribution in [0.2, 0.25) is 0 Å². The van der Waals surface area contributed by atoms with Crippen molar-refractivity contribution in [3.63, 3.8) is 0 Å². The van der Waals surface area contributed by atoms with Crippen molar-refractivity contribution in [3.8, 4) is 29.4 Å². The van der Waals surface area contributed by atoms with Gasteiger partial charge in [0.2, 0.25) is 0 Å². The fraction of sp³-hybridized carbons (Fsp3) is 0.273. The van der Waals surface area contributed by atoms with Crippen LogP contribution in [0.5, 0.6) is 5.75 Å². The van der Waals surface area contributed by atoms with Gasteiger partial charge in [-0.25, -0.2) is 0 Å². The summed E-state index contributed by atoms with van der Waals surface area (Å²) in [6.45, 7) is 2.57. The maximum Gasteiger partial charge on any atom is 0.149 e. The normalized spacial score (nSPS) is 9.26. The van der Waals surface area contributed by atoms with Gasteiger partial charge in [-0.3, -0.25) is 0 Å². The molecule has 0 fully saturated rings. The van der Waals surface area contributed by atoms with E-state index in [1.807, 2.05) is 54.6 Å². The number of unbranched alkanes of at least 4 members (excludes halogenated alkanes) is 3. The topological polar surface area (TPSA) is 9.23 Å². The molecule has 0 amide bonds. The van der Waals surface area contributed by atoms with E-state index in [1.165, 1.54) is 12.8 Å². The zero-order valence-corrected chi connectivity index (χ0v) is 13.6. The third-order valence-corrected chi connectivity index (χ3v) is 3.32. The molecule has 2 rings (SSSR count). The highest BCUT2D eigenvalue weighted by molar-refractivity contribution is 5.46. The van der Waals surface area contributed by atoms with E-state index in [9.17, 15) is 0 Å². The summed E-state index contributed by atoms with van der Waals surface area (Å²) < 4.78 is 5.76. The molecule has 0 heterocycles. The highest BCUT2D eigenvalue weighted by atomic mass is 16.5. The molecule has 2 aromatic rings. The van der Waals surface area contributed by atoms with Crippen LogP contribution in [-0.4, -0.2) is 6.61 Å². The molecule has 0 saturated heterocycles. The van der Waals surface area contributed by atoms with Crippen LogP contribution in [0.4, 0.5) is 0 Å². The highest BCUT2D eigenvalue weighted by Crippen LogP contribution is 2.16. The summed E-state index contributed by atoms with van der Waals surface area (Å²) in [5, 5.41) is 0. The van der Waals surface area contributed by atoms with Crippen molar-refractivity contribution in [2.45, 2.75) is 32.6 Å². The lowest BCUT2D eigenvalue weighted by Crippen LogP contribution is -1.96. The fourth-order valence-electron chi connectivity index (χ4n) is 2.09. The van der Waals surface area contributed by atoms with Crippen LogP contribution in [0.3, 0.4) is 0 Å². The number of ether oxygens (including phenoxy) is 1. The van der Waals surface area contributed by atoms with E-state index in [-0.39, 0.29) is 0 Å². The van der Waals surface area contributed by atoms with Gasteiger partial charge in [0.15, 0.2) is 0 Å². The van der Waals surface area contributed by atoms with Crippen molar-refractivity contribution >= 4 is 0 Å². The van der Waals surface area contributed by atoms with Gasteiger partial charge in [-0.2, -0.15) is 0 Å². The van der Waals surface area contributed by atoms with E-state index < -0.39 is 0 Å². The standard InChI is InChI=1S/C22H22O/c1-2-3-4-5-9-16-21-17-10-11-18-22(21)23-19-12-15-20-13-7-6-8-14-20/h6-8,10-11,13-14,17-18H,2-5,19H2,1H3. The molecule has 2 aromatic carbocycles. The molecule has 0 atom stereocenters. The van der Waals surface area contributed by atoms with Gasteiger partial charge in [0.25, 0.3) is 0 Å². The zero-order chi connectivity index (χ0) is 16.2. The van der Waals surface area contributed by atoms with Crippen molar-refractivity contribution in [3.05, 3.63) is 65.7 Å². The number of hydrogen-bond acceptors (Lipinski definition) is 1. The summed E-state index contributed by atoms with van der Waals surface area (Å²) in [4.78, 5) is 0. The molecule has 23 heavy (non-hydrogen) atoms. The Morgan fingerprint density at radius 3 is 2.43 bits per heavy atom. The molecule has 0 unspecified atom stereocenters. The first-order valence-electron chi connectivity index (χ1n) is 8.15. The minimum absolute atomic E-state index is 0.365. The molecule has 1 heteroatoms. The summed E-state index contributed by atoms with van der Waals surface area (Å²) in [5.41, 5.74) is 1.94. The molecule has 116 valence electrons. The largest absolute Gasteiger partial charge is 0.480 e. The number of para-hydroxylation sites is 1. The van der Waals surface area contributed by atoms with Crippen molar-refractivity contribution in [2.24, 2.45) is 0 Å². The quantitative estimate of drug-likeness (QED) is 0.555. The molecule has 0 aliphatic heterocycles. The summed E-state index contributed by atoms with van der Waals surface area (Å²) in [7, 11) is 0. The van der Waals surface area contributed by atoms with Crippen LogP contribution < -0.4 is 4.74 Å². The minimum Gasteiger partial charge on any atom is -0.480 e. The summed E-state index contributed by atoms with van der Waals surface area (Å²) in [5.74, 6) is 13.4. The van der Waals surface area contributed by atoms with Crippen LogP contribution in [0.25, 0.3) is 0 Å². The van der Waals surface area contributed by atoms with E-state index in [2.05, 4.69) is 30.6 Å². The Morgan fingerprint density at radius 2 is 1.61 bits per heavy atom. The van der Waals surface area contributed by atoms with Gasteiger partial charge < -0.3 is 4.74 Å². The average molecular weight is 302 g/mol. The van der Waals surface area contributed by atoms with Crippen molar-refractivity contribution in [2.75, 3.05) is 6.61 Å². The SMILES string of the molecule is CCCCCC#Cc1ccccc1OCC#Cc1ccccc1. The first-order chi connectivity index (χ1) is 11.4. The maximum absolute atomic E-state index is 5.76. The van der Waals surface area contributed by atoms with Crippen LogP contribution in [0.15, 0.2) is 54.6 Å². The van der Waals surface area contributed by atoms with Gasteiger partial charge in [0.05, 0.1) is 5.56 Å². The second kappa shape index (κ2) is 10.1. The minimum atomic E-state index is 0.365. The van der Waals surface area contributed by atoms with Gasteiger partial charge in [0.1, 0.15) is 12.4 Å². The molecular formula is C22H22O. The molecule has 0 aliphatic rings. The lowest BCUT2D eigenvalue weighted by Gasteiger charge is -2.04. The molecule has 0 bridgehead atoms. The van der Waals surface area contributed by atoms with Crippen LogP contribution in [0.1, 0.15) is 43.7 Å². The van der Waals surface area contributed by atoms with Gasteiger partial charge in [-0.1, -0.05) is 73.8 Å². The molecular weight excluding hydrogens is 280 g/mol. The lowest BCUT2D eigenvalue weighted by atomic mass is 10.1. The highest BCUT2D eigenvalue weighted by Gasteiger charge is 1.98. The molecule has 0 radical (unpaired) electrons. The molecule has 0 aromatic heterocycles. The second-order valence-electron chi connectivity index (χ2n) is 5.21. The summed E-state index contributed by atoms with van der Waals surface area (Å²) >= 11 is 0. The van der Waals surface area contributed by atoms with Crippen molar-refractivity contribution in [1.82, 2.24) is 0 Å². The molecule has 0 spiro atoms. The Balaban J connectivity index is 1.91. The first kappa shape index (κ1) is 16.7. The van der Waals surface area contributed by atoms with Gasteiger partial charge >= 0.3 is 0 Å².